The molecule has 0 aliphatic carbocycles. The molecule has 2 aromatic rings. The Morgan fingerprint density at radius 2 is 1.54 bits per heavy atom. The van der Waals surface area contributed by atoms with Gasteiger partial charge in [0.1, 0.15) is 6.04 Å². The first-order valence-electron chi connectivity index (χ1n) is 7.80. The zero-order valence-corrected chi connectivity index (χ0v) is 13.9. The number of carbonyl (C=O) groups is 2. The summed E-state index contributed by atoms with van der Waals surface area (Å²) in [6.45, 7) is 1.73. The summed E-state index contributed by atoms with van der Waals surface area (Å²) in [6.07, 6.45) is 0.637. The zero-order chi connectivity index (χ0) is 17.7. The minimum atomic E-state index is -0.656. The molecule has 0 saturated heterocycles. The van der Waals surface area contributed by atoms with Crippen molar-refractivity contribution in [3.63, 3.8) is 0 Å². The second-order valence-corrected chi connectivity index (χ2v) is 5.74. The summed E-state index contributed by atoms with van der Waals surface area (Å²) < 4.78 is 0. The highest BCUT2D eigenvalue weighted by atomic mass is 16.3. The molecular weight excluding hydrogens is 304 g/mol. The fourth-order valence-electron chi connectivity index (χ4n) is 2.37. The molecular formula is C19H22N2O3. The number of nitrogens with zero attached hydrogens (tertiary/aromatic N) is 1. The Balaban J connectivity index is 2.15. The molecule has 1 atom stereocenters. The van der Waals surface area contributed by atoms with Crippen molar-refractivity contribution >= 4 is 11.8 Å². The Morgan fingerprint density at radius 1 is 1.04 bits per heavy atom. The molecule has 0 fully saturated rings. The van der Waals surface area contributed by atoms with Crippen LogP contribution in [-0.4, -0.2) is 41.5 Å². The molecule has 0 aliphatic heterocycles. The fraction of sp³-hybridized carbons (Fsp3) is 0.263. The van der Waals surface area contributed by atoms with Crippen LogP contribution in [0.4, 0.5) is 0 Å². The van der Waals surface area contributed by atoms with Crippen molar-refractivity contribution < 1.29 is 14.7 Å². The molecule has 0 spiro atoms. The Hall–Kier alpha value is -2.66. The number of primary amides is 1. The number of nitrogens with two attached hydrogens (primary N) is 1. The van der Waals surface area contributed by atoms with Gasteiger partial charge in [0.25, 0.3) is 5.91 Å². The first kappa shape index (κ1) is 17.7. The van der Waals surface area contributed by atoms with Gasteiger partial charge in [-0.15, -0.1) is 0 Å². The van der Waals surface area contributed by atoms with Crippen LogP contribution in [0, 0.1) is 0 Å². The van der Waals surface area contributed by atoms with Gasteiger partial charge in [0.05, 0.1) is 0 Å². The third-order valence-corrected chi connectivity index (χ3v) is 4.13. The molecule has 2 rings (SSSR count). The molecule has 0 radical (unpaired) electrons. The number of aliphatic hydroxyl groups is 1. The summed E-state index contributed by atoms with van der Waals surface area (Å²) in [7, 11) is 1.56. The van der Waals surface area contributed by atoms with Crippen molar-refractivity contribution in [2.75, 3.05) is 13.7 Å². The standard InChI is InChI=1S/C19H22N2O3/c1-13(18(20)23)21(2)19(24)17-9-7-16(8-10-17)15-5-3-14(4-6-15)11-12-22/h3-10,13,22H,11-12H2,1-2H3,(H2,20,23)/t13-/m0/s1. The number of hydrogen-bond donors (Lipinski definition) is 2. The van der Waals surface area contributed by atoms with Gasteiger partial charge >= 0.3 is 0 Å². The van der Waals surface area contributed by atoms with Gasteiger partial charge in [-0.1, -0.05) is 36.4 Å². The topological polar surface area (TPSA) is 83.6 Å². The molecule has 0 aliphatic rings. The lowest BCUT2D eigenvalue weighted by molar-refractivity contribution is -0.121. The van der Waals surface area contributed by atoms with Gasteiger partial charge in [0.15, 0.2) is 0 Å². The highest BCUT2D eigenvalue weighted by Crippen LogP contribution is 2.21. The maximum Gasteiger partial charge on any atom is 0.254 e. The number of likely N-dealkylation sites (N-methyl/N-ethyl adjacent to an activating group) is 1. The van der Waals surface area contributed by atoms with Crippen molar-refractivity contribution in [2.24, 2.45) is 5.73 Å². The fourth-order valence-corrected chi connectivity index (χ4v) is 2.37. The molecule has 126 valence electrons. The monoisotopic (exact) mass is 326 g/mol. The molecule has 5 heteroatoms. The molecule has 0 bridgehead atoms. The largest absolute Gasteiger partial charge is 0.396 e. The summed E-state index contributed by atoms with van der Waals surface area (Å²) in [5, 5.41) is 8.94. The SMILES string of the molecule is C[C@@H](C(N)=O)N(C)C(=O)c1ccc(-c2ccc(CCO)cc2)cc1. The van der Waals surface area contributed by atoms with E-state index < -0.39 is 11.9 Å². The summed E-state index contributed by atoms with van der Waals surface area (Å²) in [4.78, 5) is 24.9. The summed E-state index contributed by atoms with van der Waals surface area (Å²) in [5.41, 5.74) is 8.85. The van der Waals surface area contributed by atoms with E-state index in [9.17, 15) is 9.59 Å². The van der Waals surface area contributed by atoms with Crippen LogP contribution in [0.25, 0.3) is 11.1 Å². The van der Waals surface area contributed by atoms with E-state index in [1.54, 1.807) is 26.1 Å². The predicted octanol–water partition coefficient (Wildman–Crippen LogP) is 1.83. The second-order valence-electron chi connectivity index (χ2n) is 5.74. The van der Waals surface area contributed by atoms with E-state index in [0.29, 0.717) is 12.0 Å². The van der Waals surface area contributed by atoms with Gasteiger partial charge in [0.2, 0.25) is 5.91 Å². The van der Waals surface area contributed by atoms with Crippen LogP contribution in [0.1, 0.15) is 22.8 Å². The molecule has 2 aromatic carbocycles. The number of benzene rings is 2. The number of aliphatic hydroxyl groups excluding tert-OH is 1. The number of rotatable bonds is 6. The third kappa shape index (κ3) is 4.00. The number of carbonyl (C=O) groups excluding carboxylic acids is 2. The van der Waals surface area contributed by atoms with E-state index in [0.717, 1.165) is 16.7 Å². The average molecular weight is 326 g/mol. The quantitative estimate of drug-likeness (QED) is 0.849. The van der Waals surface area contributed by atoms with Gasteiger partial charge in [0, 0.05) is 19.2 Å². The highest BCUT2D eigenvalue weighted by molar-refractivity contribution is 5.97. The molecule has 5 nitrogen and oxygen atoms in total. The molecule has 0 unspecified atom stereocenters. The van der Waals surface area contributed by atoms with E-state index in [4.69, 9.17) is 10.8 Å². The summed E-state index contributed by atoms with van der Waals surface area (Å²) in [6, 6.07) is 14.5. The predicted molar refractivity (Wildman–Crippen MR) is 93.4 cm³/mol. The minimum absolute atomic E-state index is 0.132. The van der Waals surface area contributed by atoms with E-state index in [1.807, 2.05) is 36.4 Å². The number of hydrogen-bond acceptors (Lipinski definition) is 3. The van der Waals surface area contributed by atoms with Crippen LogP contribution in [0.3, 0.4) is 0 Å². The lowest BCUT2D eigenvalue weighted by atomic mass is 10.0. The number of amides is 2. The van der Waals surface area contributed by atoms with Crippen LogP contribution in [0.5, 0.6) is 0 Å². The minimum Gasteiger partial charge on any atom is -0.396 e. The van der Waals surface area contributed by atoms with Crippen molar-refractivity contribution in [1.82, 2.24) is 4.90 Å². The van der Waals surface area contributed by atoms with Gasteiger partial charge in [-0.3, -0.25) is 9.59 Å². The molecule has 24 heavy (non-hydrogen) atoms. The van der Waals surface area contributed by atoms with Gasteiger partial charge in [-0.05, 0) is 42.2 Å². The van der Waals surface area contributed by atoms with Crippen LogP contribution in [0.2, 0.25) is 0 Å². The van der Waals surface area contributed by atoms with Gasteiger partial charge < -0.3 is 15.7 Å². The smallest absolute Gasteiger partial charge is 0.254 e. The van der Waals surface area contributed by atoms with Crippen molar-refractivity contribution in [3.8, 4) is 11.1 Å². The van der Waals surface area contributed by atoms with Crippen molar-refractivity contribution in [2.45, 2.75) is 19.4 Å². The van der Waals surface area contributed by atoms with Crippen LogP contribution in [0.15, 0.2) is 48.5 Å². The van der Waals surface area contributed by atoms with Crippen LogP contribution < -0.4 is 5.73 Å². The normalized spacial score (nSPS) is 11.8. The summed E-state index contributed by atoms with van der Waals surface area (Å²) in [5.74, 6) is -0.781. The van der Waals surface area contributed by atoms with E-state index in [1.165, 1.54) is 4.90 Å². The third-order valence-electron chi connectivity index (χ3n) is 4.13. The zero-order valence-electron chi connectivity index (χ0n) is 13.9. The highest BCUT2D eigenvalue weighted by Gasteiger charge is 2.21. The molecule has 0 heterocycles. The van der Waals surface area contributed by atoms with Crippen LogP contribution in [-0.2, 0) is 11.2 Å². The maximum absolute atomic E-state index is 12.3. The molecule has 3 N–H and O–H groups in total. The maximum atomic E-state index is 12.3. The van der Waals surface area contributed by atoms with E-state index in [-0.39, 0.29) is 12.5 Å². The van der Waals surface area contributed by atoms with Gasteiger partial charge in [-0.25, -0.2) is 0 Å². The Kier molecular flexibility index (Phi) is 5.71. The Labute approximate surface area is 141 Å². The Bertz CT molecular complexity index is 708. The first-order valence-corrected chi connectivity index (χ1v) is 7.80. The van der Waals surface area contributed by atoms with Crippen molar-refractivity contribution in [1.29, 1.82) is 0 Å². The lowest BCUT2D eigenvalue weighted by Crippen LogP contribution is -2.43. The lowest BCUT2D eigenvalue weighted by Gasteiger charge is -2.22. The molecule has 0 saturated carbocycles. The van der Waals surface area contributed by atoms with E-state index in [2.05, 4.69) is 0 Å². The van der Waals surface area contributed by atoms with Crippen LogP contribution >= 0.6 is 0 Å². The first-order chi connectivity index (χ1) is 11.4. The average Bonchev–Trinajstić information content (AvgIpc) is 2.61. The van der Waals surface area contributed by atoms with Crippen molar-refractivity contribution in [3.05, 3.63) is 59.7 Å². The Morgan fingerprint density at radius 3 is 2.00 bits per heavy atom. The second kappa shape index (κ2) is 7.75. The summed E-state index contributed by atoms with van der Waals surface area (Å²) >= 11 is 0. The molecule has 0 aromatic heterocycles. The van der Waals surface area contributed by atoms with E-state index >= 15 is 0 Å². The van der Waals surface area contributed by atoms with Gasteiger partial charge in [-0.2, -0.15) is 0 Å². The molecule has 2 amide bonds.